The summed E-state index contributed by atoms with van der Waals surface area (Å²) in [5.41, 5.74) is 1.86. The number of hydrogen-bond donors (Lipinski definition) is 1. The Balaban J connectivity index is 2.00. The van der Waals surface area contributed by atoms with Gasteiger partial charge in [0.05, 0.1) is 10.6 Å². The van der Waals surface area contributed by atoms with Crippen LogP contribution >= 0.6 is 23.2 Å². The van der Waals surface area contributed by atoms with Crippen molar-refractivity contribution in [3.05, 3.63) is 94.0 Å². The molecule has 3 rings (SSSR count). The van der Waals surface area contributed by atoms with E-state index in [0.717, 1.165) is 22.7 Å². The van der Waals surface area contributed by atoms with Crippen molar-refractivity contribution in [2.75, 3.05) is 17.4 Å². The molecule has 2 amide bonds. The third-order valence-corrected chi connectivity index (χ3v) is 8.66. The lowest BCUT2D eigenvalue weighted by atomic mass is 10.1. The number of anilines is 1. The highest BCUT2D eigenvalue weighted by atomic mass is 35.5. The van der Waals surface area contributed by atoms with Crippen LogP contribution in [-0.2, 0) is 26.2 Å². The Hall–Kier alpha value is -3.07. The summed E-state index contributed by atoms with van der Waals surface area (Å²) >= 11 is 12.5. The standard InChI is InChI=1S/C29H33Cl2N3O4S/c1-4-5-17-32-29(36)22(3)33(19-23-13-14-24(30)18-27(23)31)28(35)20-34(25-15-11-21(2)12-16-25)39(37,38)26-9-7-6-8-10-26/h6-16,18,22H,4-5,17,19-20H2,1-3H3,(H,32,36)/t22-/m1/s1. The molecule has 0 fully saturated rings. The van der Waals surface area contributed by atoms with E-state index in [1.165, 1.54) is 17.0 Å². The third-order valence-electron chi connectivity index (χ3n) is 6.28. The van der Waals surface area contributed by atoms with Crippen LogP contribution in [0, 0.1) is 6.92 Å². The first-order valence-electron chi connectivity index (χ1n) is 12.7. The van der Waals surface area contributed by atoms with Crippen LogP contribution in [0.4, 0.5) is 5.69 Å². The first-order chi connectivity index (χ1) is 18.5. The zero-order chi connectivity index (χ0) is 28.6. The Morgan fingerprint density at radius 2 is 1.64 bits per heavy atom. The van der Waals surface area contributed by atoms with Crippen LogP contribution in [0.1, 0.15) is 37.8 Å². The van der Waals surface area contributed by atoms with E-state index in [4.69, 9.17) is 23.2 Å². The van der Waals surface area contributed by atoms with E-state index in [9.17, 15) is 18.0 Å². The lowest BCUT2D eigenvalue weighted by Crippen LogP contribution is -2.51. The highest BCUT2D eigenvalue weighted by Crippen LogP contribution is 2.26. The molecule has 0 aromatic heterocycles. The van der Waals surface area contributed by atoms with Crippen molar-refractivity contribution in [1.82, 2.24) is 10.2 Å². The number of rotatable bonds is 12. The Labute approximate surface area is 240 Å². The van der Waals surface area contributed by atoms with Crippen LogP contribution < -0.4 is 9.62 Å². The fraction of sp³-hybridized carbons (Fsp3) is 0.310. The number of unbranched alkanes of at least 4 members (excludes halogenated alkanes) is 1. The van der Waals surface area contributed by atoms with Crippen LogP contribution in [0.3, 0.4) is 0 Å². The van der Waals surface area contributed by atoms with Gasteiger partial charge in [0.2, 0.25) is 11.8 Å². The molecule has 0 saturated carbocycles. The minimum Gasteiger partial charge on any atom is -0.354 e. The van der Waals surface area contributed by atoms with Crippen molar-refractivity contribution in [3.63, 3.8) is 0 Å². The minimum absolute atomic E-state index is 0.00960. The Kier molecular flexibility index (Phi) is 10.8. The molecule has 0 unspecified atom stereocenters. The van der Waals surface area contributed by atoms with Gasteiger partial charge in [0, 0.05) is 23.1 Å². The molecule has 0 aliphatic rings. The number of amides is 2. The van der Waals surface area contributed by atoms with E-state index in [1.807, 2.05) is 13.8 Å². The van der Waals surface area contributed by atoms with Gasteiger partial charge in [0.1, 0.15) is 12.6 Å². The largest absolute Gasteiger partial charge is 0.354 e. The van der Waals surface area contributed by atoms with Gasteiger partial charge in [0.25, 0.3) is 10.0 Å². The van der Waals surface area contributed by atoms with E-state index in [0.29, 0.717) is 27.8 Å². The molecule has 10 heteroatoms. The second-order valence-electron chi connectivity index (χ2n) is 9.24. The summed E-state index contributed by atoms with van der Waals surface area (Å²) in [6.45, 7) is 5.47. The molecular formula is C29H33Cl2N3O4S. The van der Waals surface area contributed by atoms with Crippen molar-refractivity contribution in [2.24, 2.45) is 0 Å². The fourth-order valence-electron chi connectivity index (χ4n) is 3.91. The Morgan fingerprint density at radius 1 is 0.974 bits per heavy atom. The number of halogens is 2. The molecule has 0 aliphatic carbocycles. The second-order valence-corrected chi connectivity index (χ2v) is 11.9. The van der Waals surface area contributed by atoms with Gasteiger partial charge in [-0.3, -0.25) is 13.9 Å². The number of benzene rings is 3. The fourth-order valence-corrected chi connectivity index (χ4v) is 5.82. The molecule has 0 heterocycles. The Morgan fingerprint density at radius 3 is 2.26 bits per heavy atom. The van der Waals surface area contributed by atoms with E-state index in [2.05, 4.69) is 5.32 Å². The number of nitrogens with one attached hydrogen (secondary N) is 1. The van der Waals surface area contributed by atoms with Gasteiger partial charge >= 0.3 is 0 Å². The molecule has 208 valence electrons. The summed E-state index contributed by atoms with van der Waals surface area (Å²) in [7, 11) is -4.10. The molecule has 0 bridgehead atoms. The summed E-state index contributed by atoms with van der Waals surface area (Å²) in [4.78, 5) is 28.3. The van der Waals surface area contributed by atoms with E-state index in [1.54, 1.807) is 67.6 Å². The van der Waals surface area contributed by atoms with Crippen LogP contribution in [0.2, 0.25) is 10.0 Å². The van der Waals surface area contributed by atoms with Crippen molar-refractivity contribution < 1.29 is 18.0 Å². The molecule has 39 heavy (non-hydrogen) atoms. The topological polar surface area (TPSA) is 86.8 Å². The van der Waals surface area contributed by atoms with Crippen LogP contribution in [0.25, 0.3) is 0 Å². The summed E-state index contributed by atoms with van der Waals surface area (Å²) in [5.74, 6) is -0.895. The van der Waals surface area contributed by atoms with Gasteiger partial charge in [-0.15, -0.1) is 0 Å². The van der Waals surface area contributed by atoms with Crippen molar-refractivity contribution in [3.8, 4) is 0 Å². The lowest BCUT2D eigenvalue weighted by Gasteiger charge is -2.32. The third kappa shape index (κ3) is 7.97. The van der Waals surface area contributed by atoms with Gasteiger partial charge in [-0.1, -0.05) is 78.5 Å². The van der Waals surface area contributed by atoms with E-state index in [-0.39, 0.29) is 17.3 Å². The van der Waals surface area contributed by atoms with Gasteiger partial charge in [0.15, 0.2) is 0 Å². The maximum absolute atomic E-state index is 13.9. The normalized spacial score (nSPS) is 12.0. The van der Waals surface area contributed by atoms with Gasteiger partial charge in [-0.2, -0.15) is 0 Å². The molecule has 1 N–H and O–H groups in total. The smallest absolute Gasteiger partial charge is 0.264 e. The molecule has 0 radical (unpaired) electrons. The monoisotopic (exact) mass is 589 g/mol. The number of hydrogen-bond acceptors (Lipinski definition) is 4. The quantitative estimate of drug-likeness (QED) is 0.269. The number of carbonyl (C=O) groups is 2. The zero-order valence-corrected chi connectivity index (χ0v) is 24.6. The van der Waals surface area contributed by atoms with Crippen molar-refractivity contribution in [1.29, 1.82) is 0 Å². The number of carbonyl (C=O) groups excluding carboxylic acids is 2. The maximum Gasteiger partial charge on any atom is 0.264 e. The van der Waals surface area contributed by atoms with Gasteiger partial charge in [-0.25, -0.2) is 8.42 Å². The van der Waals surface area contributed by atoms with Crippen LogP contribution in [-0.4, -0.2) is 44.3 Å². The molecule has 1 atom stereocenters. The molecule has 3 aromatic rings. The second kappa shape index (κ2) is 13.8. The van der Waals surface area contributed by atoms with Gasteiger partial charge < -0.3 is 10.2 Å². The van der Waals surface area contributed by atoms with Crippen LogP contribution in [0.15, 0.2) is 77.7 Å². The first-order valence-corrected chi connectivity index (χ1v) is 14.9. The average molecular weight is 591 g/mol. The van der Waals surface area contributed by atoms with Crippen LogP contribution in [0.5, 0.6) is 0 Å². The van der Waals surface area contributed by atoms with Crippen molar-refractivity contribution >= 4 is 50.7 Å². The molecule has 0 aliphatic heterocycles. The van der Waals surface area contributed by atoms with E-state index < -0.39 is 28.5 Å². The highest BCUT2D eigenvalue weighted by Gasteiger charge is 2.32. The van der Waals surface area contributed by atoms with Gasteiger partial charge in [-0.05, 0) is 62.2 Å². The molecular weight excluding hydrogens is 557 g/mol. The SMILES string of the molecule is CCCCNC(=O)[C@@H](C)N(Cc1ccc(Cl)cc1Cl)C(=O)CN(c1ccc(C)cc1)S(=O)(=O)c1ccccc1. The predicted octanol–water partition coefficient (Wildman–Crippen LogP) is 5.83. The average Bonchev–Trinajstić information content (AvgIpc) is 2.92. The van der Waals surface area contributed by atoms with E-state index >= 15 is 0 Å². The highest BCUT2D eigenvalue weighted by molar-refractivity contribution is 7.92. The van der Waals surface area contributed by atoms with Crippen molar-refractivity contribution in [2.45, 2.75) is 51.1 Å². The summed E-state index contributed by atoms with van der Waals surface area (Å²) in [6, 6.07) is 18.8. The number of nitrogens with zero attached hydrogens (tertiary/aromatic N) is 2. The molecule has 0 spiro atoms. The number of sulfonamides is 1. The lowest BCUT2D eigenvalue weighted by molar-refractivity contribution is -0.139. The predicted molar refractivity (Wildman–Crippen MR) is 157 cm³/mol. The number of aryl methyl sites for hydroxylation is 1. The summed E-state index contributed by atoms with van der Waals surface area (Å²) in [5, 5.41) is 3.63. The molecule has 7 nitrogen and oxygen atoms in total. The summed E-state index contributed by atoms with van der Waals surface area (Å²) < 4.78 is 28.6. The molecule has 0 saturated heterocycles. The summed E-state index contributed by atoms with van der Waals surface area (Å²) in [6.07, 6.45) is 1.70. The minimum atomic E-state index is -4.10. The maximum atomic E-state index is 13.9. The first kappa shape index (κ1) is 30.5. The Bertz CT molecular complexity index is 1380. The molecule has 3 aromatic carbocycles. The zero-order valence-electron chi connectivity index (χ0n) is 22.2.